The number of nitrogens with zero attached hydrogens (tertiary/aromatic N) is 2. The highest BCUT2D eigenvalue weighted by molar-refractivity contribution is 6.30. The van der Waals surface area contributed by atoms with Crippen LogP contribution in [0.1, 0.15) is 34.7 Å². The molecule has 182 valence electrons. The van der Waals surface area contributed by atoms with Crippen LogP contribution in [-0.4, -0.2) is 60.4 Å². The topological polar surface area (TPSA) is 90.0 Å². The lowest BCUT2D eigenvalue weighted by Crippen LogP contribution is -2.49. The van der Waals surface area contributed by atoms with Gasteiger partial charge in [-0.2, -0.15) is 0 Å². The number of rotatable bonds is 6. The number of piperazine rings is 1. The van der Waals surface area contributed by atoms with Gasteiger partial charge in [0.15, 0.2) is 5.78 Å². The first-order valence-electron chi connectivity index (χ1n) is 11.7. The number of hydrogen-bond acceptors (Lipinski definition) is 5. The van der Waals surface area contributed by atoms with Gasteiger partial charge >= 0.3 is 5.97 Å². The highest BCUT2D eigenvalue weighted by Gasteiger charge is 2.39. The van der Waals surface area contributed by atoms with Gasteiger partial charge < -0.3 is 15.3 Å². The number of carbonyl (C=O) groups is 3. The van der Waals surface area contributed by atoms with Gasteiger partial charge in [-0.15, -0.1) is 0 Å². The number of nitrogens with one attached hydrogen (secondary N) is 1. The zero-order valence-electron chi connectivity index (χ0n) is 19.0. The number of carboxylic acids is 1. The van der Waals surface area contributed by atoms with Crippen molar-refractivity contribution in [3.63, 3.8) is 0 Å². The lowest BCUT2D eigenvalue weighted by atomic mass is 9.80. The standard InChI is InChI=1S/C26H25ClFN3O4/c27-16-3-5-17(6-4-16)29-24(32)14-30-7-9-31(10-8-30)23-13-19-18(15-1-2-15)11-21(26(34)35)25(33)20(19)12-22(23)28/h3-6,11-13,15,18H,1-2,7-10,14H2,(H,29,32)(H,34,35). The van der Waals surface area contributed by atoms with E-state index in [1.54, 1.807) is 36.4 Å². The van der Waals surface area contributed by atoms with Crippen molar-refractivity contribution >= 4 is 40.6 Å². The molecule has 1 saturated heterocycles. The lowest BCUT2D eigenvalue weighted by molar-refractivity contribution is -0.132. The van der Waals surface area contributed by atoms with E-state index in [9.17, 15) is 19.5 Å². The van der Waals surface area contributed by atoms with Crippen molar-refractivity contribution in [3.05, 3.63) is 70.0 Å². The number of carboxylic acid groups (broad SMARTS) is 1. The average molecular weight is 498 g/mol. The SMILES string of the molecule is O=C(CN1CCN(c2cc3c(cc2F)C(=O)C(C(=O)O)=CC3C2CC2)CC1)Nc1ccc(Cl)cc1. The molecular formula is C26H25ClFN3O4. The molecule has 7 nitrogen and oxygen atoms in total. The fourth-order valence-corrected chi connectivity index (χ4v) is 5.01. The van der Waals surface area contributed by atoms with Gasteiger partial charge in [0.1, 0.15) is 11.4 Å². The molecule has 3 aliphatic rings. The maximum Gasteiger partial charge on any atom is 0.339 e. The van der Waals surface area contributed by atoms with E-state index < -0.39 is 17.6 Å². The van der Waals surface area contributed by atoms with Crippen molar-refractivity contribution in [2.45, 2.75) is 18.8 Å². The molecule has 35 heavy (non-hydrogen) atoms. The van der Waals surface area contributed by atoms with Crippen molar-refractivity contribution < 1.29 is 23.9 Å². The number of anilines is 2. The molecule has 1 unspecified atom stereocenters. The van der Waals surface area contributed by atoms with Gasteiger partial charge in [0.05, 0.1) is 12.2 Å². The van der Waals surface area contributed by atoms with Crippen LogP contribution < -0.4 is 10.2 Å². The number of amides is 1. The summed E-state index contributed by atoms with van der Waals surface area (Å²) in [5.74, 6) is -2.48. The van der Waals surface area contributed by atoms with E-state index in [1.807, 2.05) is 9.80 Å². The summed E-state index contributed by atoms with van der Waals surface area (Å²) in [5, 5.41) is 12.9. The van der Waals surface area contributed by atoms with Crippen LogP contribution in [0, 0.1) is 11.7 Å². The molecular weight excluding hydrogens is 473 g/mol. The van der Waals surface area contributed by atoms with Gasteiger partial charge in [0.25, 0.3) is 0 Å². The summed E-state index contributed by atoms with van der Waals surface area (Å²) in [6.07, 6.45) is 3.47. The van der Waals surface area contributed by atoms with E-state index >= 15 is 4.39 Å². The molecule has 2 fully saturated rings. The molecule has 0 spiro atoms. The molecule has 2 N–H and O–H groups in total. The summed E-state index contributed by atoms with van der Waals surface area (Å²) in [6, 6.07) is 9.83. The Morgan fingerprint density at radius 1 is 1.09 bits per heavy atom. The zero-order valence-corrected chi connectivity index (χ0v) is 19.7. The van der Waals surface area contributed by atoms with Crippen LogP contribution in [0.3, 0.4) is 0 Å². The van der Waals surface area contributed by atoms with Crippen molar-refractivity contribution in [2.24, 2.45) is 5.92 Å². The van der Waals surface area contributed by atoms with Gasteiger partial charge in [-0.25, -0.2) is 9.18 Å². The fraction of sp³-hybridized carbons (Fsp3) is 0.346. The molecule has 2 aromatic carbocycles. The Labute approximate surface area is 207 Å². The quantitative estimate of drug-likeness (QED) is 0.588. The minimum Gasteiger partial charge on any atom is -0.478 e. The van der Waals surface area contributed by atoms with Gasteiger partial charge in [0, 0.05) is 48.4 Å². The van der Waals surface area contributed by atoms with Gasteiger partial charge in [-0.1, -0.05) is 17.7 Å². The summed E-state index contributed by atoms with van der Waals surface area (Å²) in [5.41, 5.74) is 1.69. The number of halogens is 2. The third-order valence-corrected chi connectivity index (χ3v) is 7.13. The number of Topliss-reactive ketones (excluding diaryl/α,β-unsaturated/α-hetero) is 1. The van der Waals surface area contributed by atoms with Crippen molar-refractivity contribution in [1.82, 2.24) is 4.90 Å². The molecule has 1 amide bonds. The van der Waals surface area contributed by atoms with Crippen molar-refractivity contribution in [1.29, 1.82) is 0 Å². The van der Waals surface area contributed by atoms with Crippen LogP contribution >= 0.6 is 11.6 Å². The molecule has 2 aromatic rings. The number of fused-ring (bicyclic) bond motifs is 1. The predicted molar refractivity (Wildman–Crippen MR) is 131 cm³/mol. The Balaban J connectivity index is 1.26. The highest BCUT2D eigenvalue weighted by atomic mass is 35.5. The maximum absolute atomic E-state index is 15.1. The minimum atomic E-state index is -1.27. The molecule has 1 saturated carbocycles. The van der Waals surface area contributed by atoms with E-state index in [0.717, 1.165) is 12.8 Å². The second-order valence-electron chi connectivity index (χ2n) is 9.29. The summed E-state index contributed by atoms with van der Waals surface area (Å²) < 4.78 is 15.1. The zero-order chi connectivity index (χ0) is 24.7. The van der Waals surface area contributed by atoms with E-state index in [-0.39, 0.29) is 35.4 Å². The number of hydrogen-bond donors (Lipinski definition) is 2. The molecule has 9 heteroatoms. The Hall–Kier alpha value is -3.23. The average Bonchev–Trinajstić information content (AvgIpc) is 3.67. The van der Waals surface area contributed by atoms with Crippen LogP contribution in [0.2, 0.25) is 5.02 Å². The molecule has 0 bridgehead atoms. The largest absolute Gasteiger partial charge is 0.478 e. The normalized spacial score (nSPS) is 20.3. The number of ketones is 1. The smallest absolute Gasteiger partial charge is 0.339 e. The summed E-state index contributed by atoms with van der Waals surface area (Å²) in [4.78, 5) is 40.6. The summed E-state index contributed by atoms with van der Waals surface area (Å²) in [6.45, 7) is 2.45. The second kappa shape index (κ2) is 9.43. The first-order chi connectivity index (χ1) is 16.8. The van der Waals surface area contributed by atoms with Crippen LogP contribution in [0.5, 0.6) is 0 Å². The highest BCUT2D eigenvalue weighted by Crippen LogP contribution is 2.48. The number of benzene rings is 2. The third-order valence-electron chi connectivity index (χ3n) is 6.88. The summed E-state index contributed by atoms with van der Waals surface area (Å²) in [7, 11) is 0. The van der Waals surface area contributed by atoms with E-state index in [4.69, 9.17) is 11.6 Å². The van der Waals surface area contributed by atoms with Crippen LogP contribution in [-0.2, 0) is 9.59 Å². The number of allylic oxidation sites excluding steroid dienone is 1. The van der Waals surface area contributed by atoms with Gasteiger partial charge in [-0.05, 0) is 60.7 Å². The van der Waals surface area contributed by atoms with E-state index in [2.05, 4.69) is 5.32 Å². The molecule has 5 rings (SSSR count). The second-order valence-corrected chi connectivity index (χ2v) is 9.72. The molecule has 1 heterocycles. The van der Waals surface area contributed by atoms with Crippen LogP contribution in [0.15, 0.2) is 48.0 Å². The first-order valence-corrected chi connectivity index (χ1v) is 12.0. The van der Waals surface area contributed by atoms with Crippen LogP contribution in [0.25, 0.3) is 0 Å². The minimum absolute atomic E-state index is 0.132. The Morgan fingerprint density at radius 3 is 2.40 bits per heavy atom. The molecule has 1 aliphatic heterocycles. The molecule has 1 atom stereocenters. The van der Waals surface area contributed by atoms with E-state index in [0.29, 0.717) is 48.1 Å². The molecule has 0 aromatic heterocycles. The van der Waals surface area contributed by atoms with Gasteiger partial charge in [-0.3, -0.25) is 14.5 Å². The van der Waals surface area contributed by atoms with Crippen molar-refractivity contribution in [2.75, 3.05) is 42.9 Å². The monoisotopic (exact) mass is 497 g/mol. The van der Waals surface area contributed by atoms with Gasteiger partial charge in [0.2, 0.25) is 5.91 Å². The number of aliphatic carboxylic acids is 1. The van der Waals surface area contributed by atoms with Crippen molar-refractivity contribution in [3.8, 4) is 0 Å². The Kier molecular flexibility index (Phi) is 6.34. The summed E-state index contributed by atoms with van der Waals surface area (Å²) >= 11 is 5.88. The maximum atomic E-state index is 15.1. The lowest BCUT2D eigenvalue weighted by Gasteiger charge is -2.36. The number of carbonyl (C=O) groups excluding carboxylic acids is 2. The fourth-order valence-electron chi connectivity index (χ4n) is 4.88. The predicted octanol–water partition coefficient (Wildman–Crippen LogP) is 3.94. The molecule has 0 radical (unpaired) electrons. The Bertz CT molecular complexity index is 1220. The Morgan fingerprint density at radius 2 is 1.77 bits per heavy atom. The first kappa shape index (κ1) is 23.5. The molecule has 2 aliphatic carbocycles. The van der Waals surface area contributed by atoms with E-state index in [1.165, 1.54) is 6.07 Å². The third kappa shape index (κ3) is 4.94. The van der Waals surface area contributed by atoms with Crippen LogP contribution in [0.4, 0.5) is 15.8 Å².